The minimum atomic E-state index is 0.517. The quantitative estimate of drug-likeness (QED) is 0.725. The first-order chi connectivity index (χ1) is 10.7. The minimum Gasteiger partial charge on any atom is -0.469 e. The molecular formula is C20H30NO+. The second-order valence-electron chi connectivity index (χ2n) is 6.70. The van der Waals surface area contributed by atoms with Crippen LogP contribution in [0.2, 0.25) is 0 Å². The summed E-state index contributed by atoms with van der Waals surface area (Å²) in [6, 6.07) is 15.4. The fourth-order valence-electron chi connectivity index (χ4n) is 2.93. The zero-order valence-corrected chi connectivity index (χ0v) is 14.2. The number of hydrogen-bond donors (Lipinski definition) is 1. The monoisotopic (exact) mass is 300 g/mol. The van der Waals surface area contributed by atoms with Crippen LogP contribution in [0.4, 0.5) is 0 Å². The average Bonchev–Trinajstić information content (AvgIpc) is 3.05. The molecule has 0 radical (unpaired) electrons. The van der Waals surface area contributed by atoms with Crippen LogP contribution >= 0.6 is 0 Å². The molecule has 0 saturated carbocycles. The molecule has 1 aromatic heterocycles. The molecule has 0 fully saturated rings. The van der Waals surface area contributed by atoms with Gasteiger partial charge in [-0.15, -0.1) is 0 Å². The van der Waals surface area contributed by atoms with Gasteiger partial charge in [0.1, 0.15) is 11.8 Å². The van der Waals surface area contributed by atoms with Gasteiger partial charge in [0.25, 0.3) is 0 Å². The highest BCUT2D eigenvalue weighted by Crippen LogP contribution is 2.26. The predicted octanol–water partition coefficient (Wildman–Crippen LogP) is 4.51. The summed E-state index contributed by atoms with van der Waals surface area (Å²) in [5.74, 6) is 2.46. The lowest BCUT2D eigenvalue weighted by Gasteiger charge is -2.17. The largest absolute Gasteiger partial charge is 0.469 e. The molecule has 0 aliphatic heterocycles. The number of benzene rings is 1. The van der Waals surface area contributed by atoms with Gasteiger partial charge in [-0.3, -0.25) is 0 Å². The number of furan rings is 1. The van der Waals surface area contributed by atoms with Gasteiger partial charge in [-0.1, -0.05) is 50.6 Å². The van der Waals surface area contributed by atoms with Gasteiger partial charge in [0, 0.05) is 17.9 Å². The Hall–Kier alpha value is -1.54. The third kappa shape index (κ3) is 5.34. The van der Waals surface area contributed by atoms with Gasteiger partial charge in [-0.25, -0.2) is 0 Å². The summed E-state index contributed by atoms with van der Waals surface area (Å²) < 4.78 is 5.66. The molecule has 2 nitrogen and oxygen atoms in total. The lowest BCUT2D eigenvalue weighted by Crippen LogP contribution is -2.84. The molecule has 22 heavy (non-hydrogen) atoms. The van der Waals surface area contributed by atoms with E-state index in [1.807, 2.05) is 6.07 Å². The molecule has 0 aliphatic rings. The van der Waals surface area contributed by atoms with Gasteiger partial charge < -0.3 is 9.73 Å². The normalized spacial score (nSPS) is 14.2. The molecule has 1 heterocycles. The fourth-order valence-corrected chi connectivity index (χ4v) is 2.93. The molecule has 2 rings (SSSR count). The summed E-state index contributed by atoms with van der Waals surface area (Å²) in [5.41, 5.74) is 1.40. The lowest BCUT2D eigenvalue weighted by atomic mass is 9.93. The van der Waals surface area contributed by atoms with Crippen LogP contribution in [0.1, 0.15) is 63.3 Å². The fraction of sp³-hybridized carbons (Fsp3) is 0.500. The van der Waals surface area contributed by atoms with Gasteiger partial charge in [0.2, 0.25) is 0 Å². The van der Waals surface area contributed by atoms with E-state index in [0.29, 0.717) is 12.0 Å². The highest BCUT2D eigenvalue weighted by atomic mass is 16.3. The maximum absolute atomic E-state index is 5.66. The Balaban J connectivity index is 1.83. The first-order valence-electron chi connectivity index (χ1n) is 8.58. The van der Waals surface area contributed by atoms with E-state index in [1.54, 1.807) is 6.26 Å². The summed E-state index contributed by atoms with van der Waals surface area (Å²) in [6.45, 7) is 8.01. The molecule has 0 saturated heterocycles. The van der Waals surface area contributed by atoms with Crippen LogP contribution in [0, 0.1) is 5.92 Å². The topological polar surface area (TPSA) is 29.8 Å². The van der Waals surface area contributed by atoms with Crippen LogP contribution in [-0.4, -0.2) is 6.54 Å². The van der Waals surface area contributed by atoms with E-state index in [2.05, 4.69) is 62.5 Å². The van der Waals surface area contributed by atoms with E-state index >= 15 is 0 Å². The van der Waals surface area contributed by atoms with Crippen LogP contribution < -0.4 is 5.32 Å². The van der Waals surface area contributed by atoms with Crippen LogP contribution in [0.15, 0.2) is 53.1 Å². The Morgan fingerprint density at radius 1 is 0.909 bits per heavy atom. The minimum absolute atomic E-state index is 0.517. The van der Waals surface area contributed by atoms with Crippen LogP contribution in [0.25, 0.3) is 0 Å². The first-order valence-corrected chi connectivity index (χ1v) is 8.58. The molecule has 2 aromatic rings. The number of quaternary nitrogens is 1. The van der Waals surface area contributed by atoms with Gasteiger partial charge in [-0.05, 0) is 31.4 Å². The van der Waals surface area contributed by atoms with Crippen molar-refractivity contribution in [2.24, 2.45) is 5.92 Å². The smallest absolute Gasteiger partial charge is 0.109 e. The summed E-state index contributed by atoms with van der Waals surface area (Å²) in [7, 11) is 0. The first kappa shape index (κ1) is 16.8. The Labute approximate surface area is 134 Å². The Morgan fingerprint density at radius 2 is 1.68 bits per heavy atom. The van der Waals surface area contributed by atoms with E-state index in [4.69, 9.17) is 4.42 Å². The predicted molar refractivity (Wildman–Crippen MR) is 91.8 cm³/mol. The molecule has 0 bridgehead atoms. The molecule has 2 N–H and O–H groups in total. The van der Waals surface area contributed by atoms with Gasteiger partial charge >= 0.3 is 0 Å². The molecule has 0 amide bonds. The second kappa shape index (κ2) is 8.79. The molecule has 2 atom stereocenters. The maximum atomic E-state index is 5.66. The summed E-state index contributed by atoms with van der Waals surface area (Å²) >= 11 is 0. The molecule has 120 valence electrons. The molecule has 1 aromatic carbocycles. The molecule has 0 spiro atoms. The van der Waals surface area contributed by atoms with E-state index in [-0.39, 0.29) is 0 Å². The Kier molecular flexibility index (Phi) is 6.73. The van der Waals surface area contributed by atoms with Crippen molar-refractivity contribution in [3.05, 3.63) is 60.1 Å². The number of hydrogen-bond acceptors (Lipinski definition) is 1. The number of rotatable bonds is 9. The molecule has 0 aliphatic carbocycles. The van der Waals surface area contributed by atoms with Crippen molar-refractivity contribution in [2.45, 2.75) is 52.0 Å². The standard InChI is InChI=1S/C20H29NO/c1-16(2)11-12-19(20-10-7-15-22-20)13-14-21-17(3)18-8-5-4-6-9-18/h4-10,15-17,19,21H,11-14H2,1-3H3/p+1/t17-,19-/m1/s1. The van der Waals surface area contributed by atoms with Crippen LogP contribution in [0.5, 0.6) is 0 Å². The summed E-state index contributed by atoms with van der Waals surface area (Å²) in [4.78, 5) is 0. The highest BCUT2D eigenvalue weighted by molar-refractivity contribution is 5.16. The van der Waals surface area contributed by atoms with E-state index < -0.39 is 0 Å². The molecule has 0 unspecified atom stereocenters. The third-order valence-electron chi connectivity index (χ3n) is 4.40. The van der Waals surface area contributed by atoms with Gasteiger partial charge in [-0.2, -0.15) is 0 Å². The zero-order valence-electron chi connectivity index (χ0n) is 14.2. The second-order valence-corrected chi connectivity index (χ2v) is 6.70. The highest BCUT2D eigenvalue weighted by Gasteiger charge is 2.17. The van der Waals surface area contributed by atoms with Crippen molar-refractivity contribution < 1.29 is 9.73 Å². The maximum Gasteiger partial charge on any atom is 0.109 e. The van der Waals surface area contributed by atoms with Crippen molar-refractivity contribution in [2.75, 3.05) is 6.54 Å². The average molecular weight is 300 g/mol. The lowest BCUT2D eigenvalue weighted by molar-refractivity contribution is -0.693. The van der Waals surface area contributed by atoms with E-state index in [9.17, 15) is 0 Å². The van der Waals surface area contributed by atoms with Crippen molar-refractivity contribution in [1.29, 1.82) is 0 Å². The Bertz CT molecular complexity index is 504. The van der Waals surface area contributed by atoms with Gasteiger partial charge in [0.05, 0.1) is 12.8 Å². The van der Waals surface area contributed by atoms with Crippen LogP contribution in [-0.2, 0) is 0 Å². The van der Waals surface area contributed by atoms with Crippen molar-refractivity contribution in [3.8, 4) is 0 Å². The Morgan fingerprint density at radius 3 is 2.32 bits per heavy atom. The van der Waals surface area contributed by atoms with E-state index in [1.165, 1.54) is 24.8 Å². The molecule has 2 heteroatoms. The summed E-state index contributed by atoms with van der Waals surface area (Å²) in [5, 5.41) is 2.45. The summed E-state index contributed by atoms with van der Waals surface area (Å²) in [6.07, 6.45) is 5.46. The van der Waals surface area contributed by atoms with Gasteiger partial charge in [0.15, 0.2) is 0 Å². The van der Waals surface area contributed by atoms with E-state index in [0.717, 1.165) is 18.2 Å². The zero-order chi connectivity index (χ0) is 15.8. The van der Waals surface area contributed by atoms with Crippen molar-refractivity contribution in [3.63, 3.8) is 0 Å². The van der Waals surface area contributed by atoms with Crippen molar-refractivity contribution >= 4 is 0 Å². The van der Waals surface area contributed by atoms with Crippen LogP contribution in [0.3, 0.4) is 0 Å². The third-order valence-corrected chi connectivity index (χ3v) is 4.40. The molecular weight excluding hydrogens is 270 g/mol. The SMILES string of the molecule is CC(C)CC[C@H](CC[NH2+][C@H](C)c1ccccc1)c1ccco1. The number of nitrogens with two attached hydrogens (primary N) is 1. The van der Waals surface area contributed by atoms with Crippen molar-refractivity contribution in [1.82, 2.24) is 0 Å².